The van der Waals surface area contributed by atoms with Crippen molar-refractivity contribution >= 4 is 33.4 Å². The van der Waals surface area contributed by atoms with E-state index in [9.17, 15) is 13.2 Å². The number of methoxy groups -OCH3 is 2. The molecule has 3 aromatic rings. The maximum Gasteiger partial charge on any atom is 0.261 e. The summed E-state index contributed by atoms with van der Waals surface area (Å²) in [4.78, 5) is 16.9. The minimum absolute atomic E-state index is 0.147. The van der Waals surface area contributed by atoms with Crippen molar-refractivity contribution < 1.29 is 22.7 Å². The van der Waals surface area contributed by atoms with E-state index in [1.807, 2.05) is 12.1 Å². The van der Waals surface area contributed by atoms with Crippen LogP contribution in [0.5, 0.6) is 11.5 Å². The minimum Gasteiger partial charge on any atom is -0.493 e. The standard InChI is InChI=1S/C24H27N3O5S2/c1-31-21-11-8-18(16-22(21)32-2)27-34(29,30)20-9-6-17(7-10-20)4-3-5-23(24(25)28)33-19-12-14-26-15-13-19/h6-16,23,27H,3-5H2,1-2H3,(H2,25,28). The Kier molecular flexibility index (Phi) is 8.78. The molecule has 10 heteroatoms. The first-order chi connectivity index (χ1) is 16.3. The van der Waals surface area contributed by atoms with E-state index in [1.54, 1.807) is 54.9 Å². The zero-order valence-corrected chi connectivity index (χ0v) is 20.6. The predicted octanol–water partition coefficient (Wildman–Crippen LogP) is 3.87. The molecule has 0 fully saturated rings. The summed E-state index contributed by atoms with van der Waals surface area (Å²) in [5.74, 6) is 0.575. The van der Waals surface area contributed by atoms with Gasteiger partial charge in [-0.3, -0.25) is 14.5 Å². The van der Waals surface area contributed by atoms with E-state index in [2.05, 4.69) is 9.71 Å². The van der Waals surface area contributed by atoms with Gasteiger partial charge in [-0.05, 0) is 61.2 Å². The van der Waals surface area contributed by atoms with Crippen LogP contribution in [0.1, 0.15) is 18.4 Å². The quantitative estimate of drug-likeness (QED) is 0.361. The van der Waals surface area contributed by atoms with Crippen LogP contribution in [0.15, 0.2) is 76.8 Å². The summed E-state index contributed by atoms with van der Waals surface area (Å²) in [7, 11) is -0.775. The van der Waals surface area contributed by atoms with E-state index in [0.717, 1.165) is 16.9 Å². The van der Waals surface area contributed by atoms with E-state index >= 15 is 0 Å². The lowest BCUT2D eigenvalue weighted by atomic mass is 10.1. The average Bonchev–Trinajstić information content (AvgIpc) is 2.84. The number of hydrogen-bond donors (Lipinski definition) is 2. The van der Waals surface area contributed by atoms with Crippen molar-refractivity contribution in [2.75, 3.05) is 18.9 Å². The molecule has 3 N–H and O–H groups in total. The first-order valence-electron chi connectivity index (χ1n) is 10.5. The number of nitrogens with one attached hydrogen (secondary N) is 1. The number of nitrogens with two attached hydrogens (primary N) is 1. The first-order valence-corrected chi connectivity index (χ1v) is 12.9. The fourth-order valence-corrected chi connectivity index (χ4v) is 5.34. The second-order valence-electron chi connectivity index (χ2n) is 7.40. The Labute approximate surface area is 203 Å². The smallest absolute Gasteiger partial charge is 0.261 e. The molecule has 0 spiro atoms. The van der Waals surface area contributed by atoms with Crippen LogP contribution in [-0.2, 0) is 21.2 Å². The summed E-state index contributed by atoms with van der Waals surface area (Å²) >= 11 is 1.42. The second kappa shape index (κ2) is 11.8. The number of thioether (sulfide) groups is 1. The van der Waals surface area contributed by atoms with Crippen LogP contribution in [-0.4, -0.2) is 38.8 Å². The number of amides is 1. The maximum atomic E-state index is 12.8. The third kappa shape index (κ3) is 6.88. The van der Waals surface area contributed by atoms with Gasteiger partial charge in [0.25, 0.3) is 10.0 Å². The molecule has 0 aliphatic rings. The highest BCUT2D eigenvalue weighted by Gasteiger charge is 2.18. The first kappa shape index (κ1) is 25.4. The number of hydrogen-bond acceptors (Lipinski definition) is 7. The van der Waals surface area contributed by atoms with Crippen LogP contribution in [0.25, 0.3) is 0 Å². The number of rotatable bonds is 12. The number of pyridine rings is 1. The van der Waals surface area contributed by atoms with E-state index in [-0.39, 0.29) is 16.1 Å². The minimum atomic E-state index is -3.77. The van der Waals surface area contributed by atoms with Gasteiger partial charge in [0.2, 0.25) is 5.91 Å². The lowest BCUT2D eigenvalue weighted by molar-refractivity contribution is -0.117. The predicted molar refractivity (Wildman–Crippen MR) is 133 cm³/mol. The van der Waals surface area contributed by atoms with Gasteiger partial charge < -0.3 is 15.2 Å². The number of benzene rings is 2. The number of ether oxygens (including phenoxy) is 2. The van der Waals surface area contributed by atoms with Crippen molar-refractivity contribution in [3.8, 4) is 11.5 Å². The highest BCUT2D eigenvalue weighted by molar-refractivity contribution is 8.00. The summed E-state index contributed by atoms with van der Waals surface area (Å²) in [5, 5.41) is -0.340. The van der Waals surface area contributed by atoms with Crippen molar-refractivity contribution in [1.82, 2.24) is 4.98 Å². The van der Waals surface area contributed by atoms with Gasteiger partial charge in [-0.15, -0.1) is 11.8 Å². The third-order valence-electron chi connectivity index (χ3n) is 5.05. The van der Waals surface area contributed by atoms with Gasteiger partial charge in [0, 0.05) is 23.4 Å². The molecule has 0 radical (unpaired) electrons. The summed E-state index contributed by atoms with van der Waals surface area (Å²) in [6.07, 6.45) is 5.40. The van der Waals surface area contributed by atoms with E-state index in [1.165, 1.54) is 26.0 Å². The summed E-state index contributed by atoms with van der Waals surface area (Å²) in [6.45, 7) is 0. The Bertz CT molecular complexity index is 1200. The fraction of sp³-hybridized carbons (Fsp3) is 0.250. The number of primary amides is 1. The molecule has 1 amide bonds. The van der Waals surface area contributed by atoms with E-state index in [4.69, 9.17) is 15.2 Å². The third-order valence-corrected chi connectivity index (χ3v) is 7.74. The van der Waals surface area contributed by atoms with Gasteiger partial charge in [-0.25, -0.2) is 8.42 Å². The zero-order valence-electron chi connectivity index (χ0n) is 18.9. The molecule has 180 valence electrons. The normalized spacial score (nSPS) is 12.1. The van der Waals surface area contributed by atoms with Crippen molar-refractivity contribution in [1.29, 1.82) is 0 Å². The van der Waals surface area contributed by atoms with Gasteiger partial charge in [0.1, 0.15) is 0 Å². The van der Waals surface area contributed by atoms with Gasteiger partial charge in [0.05, 0.1) is 30.1 Å². The van der Waals surface area contributed by atoms with Crippen LogP contribution >= 0.6 is 11.8 Å². The highest BCUT2D eigenvalue weighted by Crippen LogP contribution is 2.31. The van der Waals surface area contributed by atoms with Crippen molar-refractivity contribution in [3.05, 3.63) is 72.6 Å². The maximum absolute atomic E-state index is 12.8. The number of carbonyl (C=O) groups excluding carboxylic acids is 1. The number of carbonyl (C=O) groups is 1. The topological polar surface area (TPSA) is 121 Å². The van der Waals surface area contributed by atoms with Crippen LogP contribution in [0.2, 0.25) is 0 Å². The van der Waals surface area contributed by atoms with Crippen LogP contribution in [0.4, 0.5) is 5.69 Å². The number of nitrogens with zero attached hydrogens (tertiary/aromatic N) is 1. The second-order valence-corrected chi connectivity index (χ2v) is 10.4. The van der Waals surface area contributed by atoms with Crippen LogP contribution in [0.3, 0.4) is 0 Å². The monoisotopic (exact) mass is 501 g/mol. The molecule has 0 bridgehead atoms. The Balaban J connectivity index is 1.59. The molecule has 2 aromatic carbocycles. The number of aromatic nitrogens is 1. The van der Waals surface area contributed by atoms with Crippen molar-refractivity contribution in [3.63, 3.8) is 0 Å². The fourth-order valence-electron chi connectivity index (χ4n) is 3.28. The van der Waals surface area contributed by atoms with Crippen molar-refractivity contribution in [2.45, 2.75) is 34.3 Å². The molecule has 8 nitrogen and oxygen atoms in total. The summed E-state index contributed by atoms with van der Waals surface area (Å²) < 4.78 is 38.5. The molecule has 3 rings (SSSR count). The Morgan fingerprint density at radius 3 is 2.32 bits per heavy atom. The molecule has 1 aromatic heterocycles. The molecular formula is C24H27N3O5S2. The summed E-state index contributed by atoms with van der Waals surface area (Å²) in [5.41, 5.74) is 6.91. The number of anilines is 1. The van der Waals surface area contributed by atoms with Crippen LogP contribution in [0, 0.1) is 0 Å². The van der Waals surface area contributed by atoms with Gasteiger partial charge in [0.15, 0.2) is 11.5 Å². The molecule has 1 heterocycles. The largest absolute Gasteiger partial charge is 0.493 e. The lowest BCUT2D eigenvalue weighted by Gasteiger charge is -2.13. The summed E-state index contributed by atoms with van der Waals surface area (Å²) in [6, 6.07) is 15.2. The van der Waals surface area contributed by atoms with E-state index in [0.29, 0.717) is 30.0 Å². The van der Waals surface area contributed by atoms with Crippen LogP contribution < -0.4 is 19.9 Å². The lowest BCUT2D eigenvalue weighted by Crippen LogP contribution is -2.25. The van der Waals surface area contributed by atoms with Gasteiger partial charge >= 0.3 is 0 Å². The zero-order chi connectivity index (χ0) is 24.6. The molecule has 0 saturated heterocycles. The SMILES string of the molecule is COc1ccc(NS(=O)(=O)c2ccc(CCCC(Sc3ccncc3)C(N)=O)cc2)cc1OC. The molecule has 0 aliphatic heterocycles. The van der Waals surface area contributed by atoms with E-state index < -0.39 is 10.0 Å². The number of aryl methyl sites for hydroxylation is 1. The van der Waals surface area contributed by atoms with Gasteiger partial charge in [-0.2, -0.15) is 0 Å². The Morgan fingerprint density at radius 1 is 1.03 bits per heavy atom. The Hall–Kier alpha value is -3.24. The van der Waals surface area contributed by atoms with Gasteiger partial charge in [-0.1, -0.05) is 12.1 Å². The molecule has 0 aliphatic carbocycles. The number of sulfonamides is 1. The molecule has 0 saturated carbocycles. The molecule has 34 heavy (non-hydrogen) atoms. The molecule has 1 atom stereocenters. The highest BCUT2D eigenvalue weighted by atomic mass is 32.2. The Morgan fingerprint density at radius 2 is 1.71 bits per heavy atom. The molecule has 1 unspecified atom stereocenters. The molecular weight excluding hydrogens is 474 g/mol. The average molecular weight is 502 g/mol. The van der Waals surface area contributed by atoms with Crippen molar-refractivity contribution in [2.24, 2.45) is 5.73 Å².